The number of aryl methyl sites for hydroxylation is 1. The van der Waals surface area contributed by atoms with Gasteiger partial charge in [-0.2, -0.15) is 0 Å². The molecule has 0 bridgehead atoms. The van der Waals surface area contributed by atoms with Crippen LogP contribution in [0.3, 0.4) is 0 Å². The summed E-state index contributed by atoms with van der Waals surface area (Å²) in [6, 6.07) is 13.2. The van der Waals surface area contributed by atoms with Gasteiger partial charge in [0.2, 0.25) is 5.91 Å². The number of carbonyl (C=O) groups excluding carboxylic acids is 2. The molecule has 2 aromatic carbocycles. The van der Waals surface area contributed by atoms with E-state index in [2.05, 4.69) is 37.4 Å². The Labute approximate surface area is 205 Å². The Hall–Kier alpha value is -3.88. The molecule has 0 saturated carbocycles. The number of hydrogen-bond donors (Lipinski definition) is 2. The summed E-state index contributed by atoms with van der Waals surface area (Å²) < 4.78 is 0. The van der Waals surface area contributed by atoms with Crippen molar-refractivity contribution in [3.8, 4) is 0 Å². The minimum Gasteiger partial charge on any atom is -0.322 e. The van der Waals surface area contributed by atoms with Gasteiger partial charge in [-0.1, -0.05) is 18.2 Å². The first-order chi connectivity index (χ1) is 17.0. The van der Waals surface area contributed by atoms with Crippen LogP contribution in [-0.4, -0.2) is 64.8 Å². The van der Waals surface area contributed by atoms with Crippen LogP contribution in [0.15, 0.2) is 67.3 Å². The SMILES string of the molecule is Cc1ccc(NC(=O)c2ccc(CN3CCN(C)CC3)cc2)cc1NC(=O)C=Cc1cncnc1. The van der Waals surface area contributed by atoms with Crippen LogP contribution in [0.1, 0.15) is 27.0 Å². The van der Waals surface area contributed by atoms with Gasteiger partial charge in [-0.15, -0.1) is 0 Å². The maximum absolute atomic E-state index is 12.8. The molecule has 8 nitrogen and oxygen atoms in total. The van der Waals surface area contributed by atoms with E-state index in [-0.39, 0.29) is 11.8 Å². The molecule has 35 heavy (non-hydrogen) atoms. The quantitative estimate of drug-likeness (QED) is 0.514. The number of carbonyl (C=O) groups is 2. The van der Waals surface area contributed by atoms with Crippen molar-refractivity contribution in [1.29, 1.82) is 0 Å². The second-order valence-electron chi connectivity index (χ2n) is 8.75. The maximum Gasteiger partial charge on any atom is 0.255 e. The molecule has 0 unspecified atom stereocenters. The topological polar surface area (TPSA) is 90.5 Å². The number of amides is 2. The van der Waals surface area contributed by atoms with Crippen molar-refractivity contribution in [3.63, 3.8) is 0 Å². The fraction of sp³-hybridized carbons (Fsp3) is 0.259. The number of likely N-dealkylation sites (N-methyl/N-ethyl adjacent to an activating group) is 1. The fourth-order valence-electron chi connectivity index (χ4n) is 3.81. The number of rotatable bonds is 7. The Morgan fingerprint density at radius 1 is 0.971 bits per heavy atom. The van der Waals surface area contributed by atoms with E-state index in [1.54, 1.807) is 24.5 Å². The Balaban J connectivity index is 1.34. The predicted octanol–water partition coefficient (Wildman–Crippen LogP) is 3.44. The lowest BCUT2D eigenvalue weighted by Crippen LogP contribution is -2.43. The number of piperazine rings is 1. The van der Waals surface area contributed by atoms with Crippen molar-refractivity contribution in [3.05, 3.63) is 89.5 Å². The van der Waals surface area contributed by atoms with Crippen molar-refractivity contribution in [2.75, 3.05) is 43.9 Å². The van der Waals surface area contributed by atoms with Crippen LogP contribution in [-0.2, 0) is 11.3 Å². The summed E-state index contributed by atoms with van der Waals surface area (Å²) >= 11 is 0. The zero-order chi connectivity index (χ0) is 24.6. The molecular formula is C27H30N6O2. The molecule has 0 atom stereocenters. The summed E-state index contributed by atoms with van der Waals surface area (Å²) in [6.07, 6.45) is 7.74. The first-order valence-electron chi connectivity index (χ1n) is 11.6. The zero-order valence-corrected chi connectivity index (χ0v) is 20.1. The number of nitrogens with one attached hydrogen (secondary N) is 2. The highest BCUT2D eigenvalue weighted by molar-refractivity contribution is 6.05. The standard InChI is InChI=1S/C27H30N6O2/c1-20-3-9-24(15-25(20)31-26(34)10-6-22-16-28-19-29-17-22)30-27(35)23-7-4-21(5-8-23)18-33-13-11-32(2)12-14-33/h3-10,15-17,19H,11-14,18H2,1-2H3,(H,30,35)(H,31,34). The summed E-state index contributed by atoms with van der Waals surface area (Å²) in [4.78, 5) is 37.8. The summed E-state index contributed by atoms with van der Waals surface area (Å²) in [6.45, 7) is 7.07. The van der Waals surface area contributed by atoms with Gasteiger partial charge in [0.15, 0.2) is 0 Å². The Bertz CT molecular complexity index is 1190. The summed E-state index contributed by atoms with van der Waals surface area (Å²) in [5, 5.41) is 5.78. The van der Waals surface area contributed by atoms with Gasteiger partial charge in [-0.3, -0.25) is 14.5 Å². The fourth-order valence-corrected chi connectivity index (χ4v) is 3.81. The van der Waals surface area contributed by atoms with Gasteiger partial charge in [0.25, 0.3) is 5.91 Å². The number of nitrogens with zero attached hydrogens (tertiary/aromatic N) is 4. The lowest BCUT2D eigenvalue weighted by Gasteiger charge is -2.32. The van der Waals surface area contributed by atoms with E-state index in [4.69, 9.17) is 0 Å². The molecular weight excluding hydrogens is 440 g/mol. The van der Waals surface area contributed by atoms with Crippen LogP contribution in [0, 0.1) is 6.92 Å². The van der Waals surface area contributed by atoms with Crippen molar-refractivity contribution >= 4 is 29.3 Å². The summed E-state index contributed by atoms with van der Waals surface area (Å²) in [5.41, 5.74) is 4.64. The monoisotopic (exact) mass is 470 g/mol. The highest BCUT2D eigenvalue weighted by atomic mass is 16.2. The van der Waals surface area contributed by atoms with Crippen LogP contribution < -0.4 is 10.6 Å². The van der Waals surface area contributed by atoms with Gasteiger partial charge in [0.1, 0.15) is 6.33 Å². The first-order valence-corrected chi connectivity index (χ1v) is 11.6. The Kier molecular flexibility index (Phi) is 7.97. The lowest BCUT2D eigenvalue weighted by molar-refractivity contribution is -0.111. The summed E-state index contributed by atoms with van der Waals surface area (Å²) in [7, 11) is 2.15. The van der Waals surface area contributed by atoms with Crippen molar-refractivity contribution in [1.82, 2.24) is 19.8 Å². The minimum atomic E-state index is -0.281. The summed E-state index contributed by atoms with van der Waals surface area (Å²) in [5.74, 6) is -0.474. The lowest BCUT2D eigenvalue weighted by atomic mass is 10.1. The molecule has 0 spiro atoms. The van der Waals surface area contributed by atoms with Crippen molar-refractivity contribution in [2.24, 2.45) is 0 Å². The van der Waals surface area contributed by atoms with Crippen LogP contribution in [0.5, 0.6) is 0 Å². The van der Waals surface area contributed by atoms with Gasteiger partial charge in [0, 0.05) is 73.7 Å². The van der Waals surface area contributed by atoms with Gasteiger partial charge in [-0.25, -0.2) is 9.97 Å². The molecule has 2 N–H and O–H groups in total. The van der Waals surface area contributed by atoms with Gasteiger partial charge in [-0.05, 0) is 55.4 Å². The molecule has 4 rings (SSSR count). The largest absolute Gasteiger partial charge is 0.322 e. The normalized spacial score (nSPS) is 14.7. The molecule has 1 aromatic heterocycles. The zero-order valence-electron chi connectivity index (χ0n) is 20.1. The van der Waals surface area contributed by atoms with E-state index < -0.39 is 0 Å². The highest BCUT2D eigenvalue weighted by Gasteiger charge is 2.14. The highest BCUT2D eigenvalue weighted by Crippen LogP contribution is 2.21. The second-order valence-corrected chi connectivity index (χ2v) is 8.75. The second kappa shape index (κ2) is 11.5. The Morgan fingerprint density at radius 2 is 1.69 bits per heavy atom. The molecule has 0 radical (unpaired) electrons. The smallest absolute Gasteiger partial charge is 0.255 e. The van der Waals surface area contributed by atoms with E-state index >= 15 is 0 Å². The van der Waals surface area contributed by atoms with Crippen molar-refractivity contribution < 1.29 is 9.59 Å². The molecule has 180 valence electrons. The molecule has 3 aromatic rings. The third-order valence-corrected chi connectivity index (χ3v) is 5.98. The van der Waals surface area contributed by atoms with E-state index in [1.165, 1.54) is 18.0 Å². The van der Waals surface area contributed by atoms with Crippen LogP contribution in [0.4, 0.5) is 11.4 Å². The number of aromatic nitrogens is 2. The molecule has 1 aliphatic rings. The van der Waals surface area contributed by atoms with E-state index in [1.807, 2.05) is 43.3 Å². The third kappa shape index (κ3) is 7.05. The molecule has 1 saturated heterocycles. The van der Waals surface area contributed by atoms with E-state index in [9.17, 15) is 9.59 Å². The average Bonchev–Trinajstić information content (AvgIpc) is 2.87. The van der Waals surface area contributed by atoms with Gasteiger partial charge >= 0.3 is 0 Å². The number of hydrogen-bond acceptors (Lipinski definition) is 6. The van der Waals surface area contributed by atoms with Crippen LogP contribution in [0.2, 0.25) is 0 Å². The average molecular weight is 471 g/mol. The molecule has 0 aliphatic carbocycles. The van der Waals surface area contributed by atoms with Gasteiger partial charge < -0.3 is 15.5 Å². The molecule has 2 amide bonds. The van der Waals surface area contributed by atoms with E-state index in [0.717, 1.165) is 43.9 Å². The third-order valence-electron chi connectivity index (χ3n) is 5.98. The first kappa shape index (κ1) is 24.3. The predicted molar refractivity (Wildman–Crippen MR) is 138 cm³/mol. The molecule has 8 heteroatoms. The number of anilines is 2. The van der Waals surface area contributed by atoms with Gasteiger partial charge in [0.05, 0.1) is 0 Å². The molecule has 1 aliphatic heterocycles. The van der Waals surface area contributed by atoms with E-state index in [0.29, 0.717) is 16.9 Å². The van der Waals surface area contributed by atoms with Crippen LogP contribution in [0.25, 0.3) is 6.08 Å². The van der Waals surface area contributed by atoms with Crippen LogP contribution >= 0.6 is 0 Å². The Morgan fingerprint density at radius 3 is 2.40 bits per heavy atom. The number of benzene rings is 2. The molecule has 2 heterocycles. The van der Waals surface area contributed by atoms with Crippen molar-refractivity contribution in [2.45, 2.75) is 13.5 Å². The maximum atomic E-state index is 12.8. The molecule has 1 fully saturated rings. The minimum absolute atomic E-state index is 0.193.